The number of amides is 2. The molecule has 1 aromatic carbocycles. The Kier molecular flexibility index (Phi) is 3.14. The van der Waals surface area contributed by atoms with Gasteiger partial charge in [-0.15, -0.1) is 11.8 Å². The van der Waals surface area contributed by atoms with Crippen LogP contribution in [0.25, 0.3) is 0 Å². The Balaban J connectivity index is 2.27. The van der Waals surface area contributed by atoms with Gasteiger partial charge >= 0.3 is 0 Å². The number of hydrogen-bond donors (Lipinski definition) is 0. The van der Waals surface area contributed by atoms with E-state index in [0.29, 0.717) is 22.9 Å². The highest BCUT2D eigenvalue weighted by Gasteiger charge is 2.27. The topological polar surface area (TPSA) is 46.6 Å². The molecule has 0 saturated carbocycles. The first kappa shape index (κ1) is 11.0. The fourth-order valence-electron chi connectivity index (χ4n) is 1.51. The molecule has 1 aromatic rings. The number of nitrogens with zero attached hydrogens (tertiary/aromatic N) is 1. The van der Waals surface area contributed by atoms with E-state index < -0.39 is 0 Å². The third kappa shape index (κ3) is 2.04. The zero-order chi connectivity index (χ0) is 11.5. The molecule has 4 nitrogen and oxygen atoms in total. The van der Waals surface area contributed by atoms with Crippen LogP contribution in [0.3, 0.4) is 0 Å². The fraction of sp³-hybridized carbons (Fsp3) is 0.273. The van der Waals surface area contributed by atoms with Crippen LogP contribution in [0.5, 0.6) is 5.75 Å². The summed E-state index contributed by atoms with van der Waals surface area (Å²) < 4.78 is 5.02. The van der Waals surface area contributed by atoms with E-state index in [4.69, 9.17) is 4.74 Å². The van der Waals surface area contributed by atoms with Gasteiger partial charge in [-0.3, -0.25) is 9.59 Å². The molecule has 0 aliphatic carbocycles. The average Bonchev–Trinajstić information content (AvgIpc) is 2.30. The molecule has 1 heterocycles. The lowest BCUT2D eigenvalue weighted by molar-refractivity contribution is -0.124. The second-order valence-corrected chi connectivity index (χ2v) is 4.30. The predicted octanol–water partition coefficient (Wildman–Crippen LogP) is 1.30. The molecule has 0 atom stereocenters. The first-order chi connectivity index (χ1) is 7.72. The Labute approximate surface area is 97.6 Å². The van der Waals surface area contributed by atoms with Gasteiger partial charge in [0.05, 0.1) is 24.3 Å². The van der Waals surface area contributed by atoms with Gasteiger partial charge in [-0.25, -0.2) is 4.90 Å². The second-order valence-electron chi connectivity index (χ2n) is 3.31. The van der Waals surface area contributed by atoms with Crippen LogP contribution < -0.4 is 9.64 Å². The molecular formula is C11H11NO3S. The summed E-state index contributed by atoms with van der Waals surface area (Å²) in [5.41, 5.74) is 0.608. The molecule has 0 N–H and O–H groups in total. The van der Waals surface area contributed by atoms with Crippen molar-refractivity contribution in [2.45, 2.75) is 0 Å². The number of carbonyl (C=O) groups is 2. The van der Waals surface area contributed by atoms with E-state index >= 15 is 0 Å². The highest BCUT2D eigenvalue weighted by molar-refractivity contribution is 8.00. The molecule has 5 heteroatoms. The number of rotatable bonds is 2. The number of carbonyl (C=O) groups excluding carboxylic acids is 2. The molecule has 0 spiro atoms. The summed E-state index contributed by atoms with van der Waals surface area (Å²) in [5, 5.41) is 0. The third-order valence-electron chi connectivity index (χ3n) is 2.28. The summed E-state index contributed by atoms with van der Waals surface area (Å²) in [6.45, 7) is 0. The maximum absolute atomic E-state index is 11.6. The molecule has 0 unspecified atom stereocenters. The SMILES string of the molecule is COc1ccc(N2C(=O)CSCC2=O)cc1. The van der Waals surface area contributed by atoms with Crippen LogP contribution in [-0.4, -0.2) is 30.4 Å². The maximum Gasteiger partial charge on any atom is 0.243 e. The monoisotopic (exact) mass is 237 g/mol. The molecule has 16 heavy (non-hydrogen) atoms. The summed E-state index contributed by atoms with van der Waals surface area (Å²) in [5.74, 6) is 1.10. The Morgan fingerprint density at radius 2 is 1.69 bits per heavy atom. The van der Waals surface area contributed by atoms with E-state index in [9.17, 15) is 9.59 Å². The van der Waals surface area contributed by atoms with Gasteiger partial charge < -0.3 is 4.74 Å². The van der Waals surface area contributed by atoms with Crippen LogP contribution >= 0.6 is 11.8 Å². The lowest BCUT2D eigenvalue weighted by Gasteiger charge is -2.24. The van der Waals surface area contributed by atoms with Gasteiger partial charge in [0, 0.05) is 0 Å². The van der Waals surface area contributed by atoms with Crippen LogP contribution in [0.1, 0.15) is 0 Å². The number of hydrogen-bond acceptors (Lipinski definition) is 4. The smallest absolute Gasteiger partial charge is 0.243 e. The standard InChI is InChI=1S/C11H11NO3S/c1-15-9-4-2-8(3-5-9)12-10(13)6-16-7-11(12)14/h2-5H,6-7H2,1H3. The number of anilines is 1. The van der Waals surface area contributed by atoms with Crippen LogP contribution in [-0.2, 0) is 9.59 Å². The van der Waals surface area contributed by atoms with Crippen molar-refractivity contribution in [1.82, 2.24) is 0 Å². The summed E-state index contributed by atoms with van der Waals surface area (Å²) >= 11 is 1.35. The van der Waals surface area contributed by atoms with Gasteiger partial charge in [0.25, 0.3) is 0 Å². The summed E-state index contributed by atoms with van der Waals surface area (Å²) in [6.07, 6.45) is 0. The van der Waals surface area contributed by atoms with Crippen molar-refractivity contribution in [2.24, 2.45) is 0 Å². The number of imide groups is 1. The zero-order valence-corrected chi connectivity index (χ0v) is 9.62. The van der Waals surface area contributed by atoms with E-state index in [-0.39, 0.29) is 11.8 Å². The molecule has 2 amide bonds. The number of methoxy groups -OCH3 is 1. The van der Waals surface area contributed by atoms with Crippen molar-refractivity contribution in [3.05, 3.63) is 24.3 Å². The fourth-order valence-corrected chi connectivity index (χ4v) is 2.22. The van der Waals surface area contributed by atoms with Gasteiger partial charge in [-0.05, 0) is 24.3 Å². The number of ether oxygens (including phenoxy) is 1. The Morgan fingerprint density at radius 3 is 2.19 bits per heavy atom. The van der Waals surface area contributed by atoms with E-state index in [1.54, 1.807) is 31.4 Å². The molecule has 1 saturated heterocycles. The lowest BCUT2D eigenvalue weighted by Crippen LogP contribution is -2.43. The van der Waals surface area contributed by atoms with Crippen LogP contribution in [0.4, 0.5) is 5.69 Å². The number of benzene rings is 1. The minimum absolute atomic E-state index is 0.161. The highest BCUT2D eigenvalue weighted by atomic mass is 32.2. The lowest BCUT2D eigenvalue weighted by atomic mass is 10.2. The van der Waals surface area contributed by atoms with Gasteiger partial charge in [-0.1, -0.05) is 0 Å². The molecular weight excluding hydrogens is 226 g/mol. The first-order valence-electron chi connectivity index (χ1n) is 4.80. The normalized spacial score (nSPS) is 16.4. The summed E-state index contributed by atoms with van der Waals surface area (Å²) in [7, 11) is 1.57. The van der Waals surface area contributed by atoms with Crippen LogP contribution in [0, 0.1) is 0 Å². The molecule has 84 valence electrons. The van der Waals surface area contributed by atoms with Crippen molar-refractivity contribution in [3.63, 3.8) is 0 Å². The van der Waals surface area contributed by atoms with E-state index in [2.05, 4.69) is 0 Å². The molecule has 1 fully saturated rings. The molecule has 0 radical (unpaired) electrons. The van der Waals surface area contributed by atoms with E-state index in [1.165, 1.54) is 16.7 Å². The quantitative estimate of drug-likeness (QED) is 0.727. The highest BCUT2D eigenvalue weighted by Crippen LogP contribution is 2.23. The number of thioether (sulfide) groups is 1. The van der Waals surface area contributed by atoms with Crippen molar-refractivity contribution >= 4 is 29.3 Å². The van der Waals surface area contributed by atoms with E-state index in [0.717, 1.165) is 0 Å². The predicted molar refractivity (Wildman–Crippen MR) is 62.8 cm³/mol. The molecule has 2 rings (SSSR count). The maximum atomic E-state index is 11.6. The van der Waals surface area contributed by atoms with Crippen molar-refractivity contribution < 1.29 is 14.3 Å². The largest absolute Gasteiger partial charge is 0.497 e. The zero-order valence-electron chi connectivity index (χ0n) is 8.80. The van der Waals surface area contributed by atoms with Crippen molar-refractivity contribution in [1.29, 1.82) is 0 Å². The van der Waals surface area contributed by atoms with Gasteiger partial charge in [0.2, 0.25) is 11.8 Å². The van der Waals surface area contributed by atoms with Crippen molar-refractivity contribution in [2.75, 3.05) is 23.5 Å². The van der Waals surface area contributed by atoms with E-state index in [1.807, 2.05) is 0 Å². The molecule has 0 aromatic heterocycles. The summed E-state index contributed by atoms with van der Waals surface area (Å²) in [4.78, 5) is 24.5. The third-order valence-corrected chi connectivity index (χ3v) is 3.18. The molecule has 0 bridgehead atoms. The summed E-state index contributed by atoms with van der Waals surface area (Å²) in [6, 6.07) is 6.89. The average molecular weight is 237 g/mol. The minimum atomic E-state index is -0.161. The Bertz CT molecular complexity index is 400. The van der Waals surface area contributed by atoms with Gasteiger partial charge in [-0.2, -0.15) is 0 Å². The van der Waals surface area contributed by atoms with Crippen LogP contribution in [0.2, 0.25) is 0 Å². The van der Waals surface area contributed by atoms with Crippen molar-refractivity contribution in [3.8, 4) is 5.75 Å². The Morgan fingerprint density at radius 1 is 1.12 bits per heavy atom. The first-order valence-corrected chi connectivity index (χ1v) is 5.95. The molecule has 1 aliphatic rings. The van der Waals surface area contributed by atoms with Gasteiger partial charge in [0.15, 0.2) is 0 Å². The van der Waals surface area contributed by atoms with Gasteiger partial charge in [0.1, 0.15) is 5.75 Å². The minimum Gasteiger partial charge on any atom is -0.497 e. The second kappa shape index (κ2) is 4.57. The Hall–Kier alpha value is -1.49. The molecule has 1 aliphatic heterocycles. The van der Waals surface area contributed by atoms with Crippen LogP contribution in [0.15, 0.2) is 24.3 Å².